The summed E-state index contributed by atoms with van der Waals surface area (Å²) < 4.78 is 0. The van der Waals surface area contributed by atoms with Gasteiger partial charge in [0.25, 0.3) is 5.91 Å². The van der Waals surface area contributed by atoms with Gasteiger partial charge in [0.05, 0.1) is 4.88 Å². The predicted octanol–water partition coefficient (Wildman–Crippen LogP) is 1.91. The zero-order valence-corrected chi connectivity index (χ0v) is 14.4. The first-order valence-electron chi connectivity index (χ1n) is 8.57. The molecule has 0 N–H and O–H groups in total. The molecule has 0 saturated carbocycles. The van der Waals surface area contributed by atoms with E-state index in [0.717, 1.165) is 63.5 Å². The Kier molecular flexibility index (Phi) is 5.67. The maximum atomic E-state index is 12.3. The fourth-order valence-corrected chi connectivity index (χ4v) is 3.98. The fourth-order valence-electron chi connectivity index (χ4n) is 3.29. The number of likely N-dealkylation sites (tertiary alicyclic amines) is 1. The van der Waals surface area contributed by atoms with E-state index in [2.05, 4.69) is 4.90 Å². The van der Waals surface area contributed by atoms with Crippen LogP contribution in [0.5, 0.6) is 0 Å². The maximum Gasteiger partial charge on any atom is 0.264 e. The molecular weight excluding hydrogens is 310 g/mol. The van der Waals surface area contributed by atoms with E-state index < -0.39 is 0 Å². The molecule has 0 aliphatic carbocycles. The highest BCUT2D eigenvalue weighted by Crippen LogP contribution is 2.14. The lowest BCUT2D eigenvalue weighted by atomic mass is 10.1. The molecule has 0 aromatic carbocycles. The van der Waals surface area contributed by atoms with Crippen LogP contribution in [0.2, 0.25) is 0 Å². The number of amides is 2. The average molecular weight is 335 g/mol. The van der Waals surface area contributed by atoms with Gasteiger partial charge in [-0.1, -0.05) is 6.07 Å². The van der Waals surface area contributed by atoms with Crippen molar-refractivity contribution in [2.24, 2.45) is 0 Å². The number of rotatable bonds is 4. The van der Waals surface area contributed by atoms with E-state index in [9.17, 15) is 9.59 Å². The van der Waals surface area contributed by atoms with Crippen molar-refractivity contribution in [1.29, 1.82) is 0 Å². The lowest BCUT2D eigenvalue weighted by Crippen LogP contribution is -2.49. The first-order chi connectivity index (χ1) is 11.2. The number of carbonyl (C=O) groups excluding carboxylic acids is 2. The molecule has 3 heterocycles. The normalized spacial score (nSPS) is 19.8. The van der Waals surface area contributed by atoms with Gasteiger partial charge in [-0.3, -0.25) is 14.5 Å². The van der Waals surface area contributed by atoms with E-state index in [1.807, 2.05) is 27.3 Å². The van der Waals surface area contributed by atoms with Gasteiger partial charge >= 0.3 is 0 Å². The van der Waals surface area contributed by atoms with E-state index in [0.29, 0.717) is 12.3 Å². The second kappa shape index (κ2) is 7.93. The molecule has 3 rings (SSSR count). The summed E-state index contributed by atoms with van der Waals surface area (Å²) in [5.74, 6) is 0.436. The SMILES string of the molecule is O=C(CCN1CCN(C(=O)c2cccs2)CC1)N1CCCCC1. The Hall–Kier alpha value is -1.40. The summed E-state index contributed by atoms with van der Waals surface area (Å²) in [5.41, 5.74) is 0. The van der Waals surface area contributed by atoms with Crippen LogP contribution in [-0.4, -0.2) is 72.3 Å². The maximum absolute atomic E-state index is 12.3. The molecule has 1 aromatic heterocycles. The van der Waals surface area contributed by atoms with Gasteiger partial charge in [0.15, 0.2) is 0 Å². The fraction of sp³-hybridized carbons (Fsp3) is 0.647. The molecule has 2 fully saturated rings. The van der Waals surface area contributed by atoms with Crippen molar-refractivity contribution in [2.45, 2.75) is 25.7 Å². The van der Waals surface area contributed by atoms with Gasteiger partial charge in [0.1, 0.15) is 0 Å². The van der Waals surface area contributed by atoms with E-state index >= 15 is 0 Å². The van der Waals surface area contributed by atoms with Crippen LogP contribution in [0, 0.1) is 0 Å². The van der Waals surface area contributed by atoms with Crippen molar-refractivity contribution in [3.05, 3.63) is 22.4 Å². The first kappa shape index (κ1) is 16.5. The van der Waals surface area contributed by atoms with E-state index in [-0.39, 0.29) is 5.91 Å². The quantitative estimate of drug-likeness (QED) is 0.844. The monoisotopic (exact) mass is 335 g/mol. The number of piperazine rings is 1. The minimum Gasteiger partial charge on any atom is -0.343 e. The summed E-state index contributed by atoms with van der Waals surface area (Å²) in [4.78, 5) is 31.6. The molecule has 0 bridgehead atoms. The molecule has 2 saturated heterocycles. The van der Waals surface area contributed by atoms with Gasteiger partial charge < -0.3 is 9.80 Å². The molecule has 0 spiro atoms. The van der Waals surface area contributed by atoms with E-state index in [1.54, 1.807) is 0 Å². The lowest BCUT2D eigenvalue weighted by Gasteiger charge is -2.35. The lowest BCUT2D eigenvalue weighted by molar-refractivity contribution is -0.132. The molecule has 2 aliphatic heterocycles. The number of hydrogen-bond acceptors (Lipinski definition) is 4. The van der Waals surface area contributed by atoms with Gasteiger partial charge in [-0.2, -0.15) is 0 Å². The minimum atomic E-state index is 0.143. The van der Waals surface area contributed by atoms with Crippen LogP contribution in [0.15, 0.2) is 17.5 Å². The van der Waals surface area contributed by atoms with E-state index in [4.69, 9.17) is 0 Å². The molecule has 0 radical (unpaired) electrons. The summed E-state index contributed by atoms with van der Waals surface area (Å²) in [6.07, 6.45) is 4.16. The van der Waals surface area contributed by atoms with Crippen LogP contribution in [0.3, 0.4) is 0 Å². The first-order valence-corrected chi connectivity index (χ1v) is 9.45. The minimum absolute atomic E-state index is 0.143. The van der Waals surface area contributed by atoms with Crippen molar-refractivity contribution in [3.63, 3.8) is 0 Å². The Morgan fingerprint density at radius 1 is 0.957 bits per heavy atom. The van der Waals surface area contributed by atoms with Crippen molar-refractivity contribution < 1.29 is 9.59 Å². The van der Waals surface area contributed by atoms with Crippen molar-refractivity contribution in [1.82, 2.24) is 14.7 Å². The van der Waals surface area contributed by atoms with Gasteiger partial charge in [-0.05, 0) is 30.7 Å². The number of carbonyl (C=O) groups is 2. The molecule has 23 heavy (non-hydrogen) atoms. The summed E-state index contributed by atoms with van der Waals surface area (Å²) in [6, 6.07) is 3.80. The second-order valence-electron chi connectivity index (χ2n) is 6.30. The van der Waals surface area contributed by atoms with Gasteiger partial charge in [0, 0.05) is 52.2 Å². The summed E-state index contributed by atoms with van der Waals surface area (Å²) in [5, 5.41) is 1.94. The number of piperidine rings is 1. The third-order valence-electron chi connectivity index (χ3n) is 4.74. The van der Waals surface area contributed by atoms with Crippen LogP contribution in [0.4, 0.5) is 0 Å². The Morgan fingerprint density at radius 2 is 1.70 bits per heavy atom. The van der Waals surface area contributed by atoms with Crippen LogP contribution < -0.4 is 0 Å². The zero-order valence-electron chi connectivity index (χ0n) is 13.6. The van der Waals surface area contributed by atoms with Crippen LogP contribution >= 0.6 is 11.3 Å². The molecule has 1 aromatic rings. The molecule has 0 atom stereocenters. The topological polar surface area (TPSA) is 43.9 Å². The molecule has 5 nitrogen and oxygen atoms in total. The highest BCUT2D eigenvalue weighted by atomic mass is 32.1. The molecule has 126 valence electrons. The van der Waals surface area contributed by atoms with Gasteiger partial charge in [0.2, 0.25) is 5.91 Å². The Morgan fingerprint density at radius 3 is 2.35 bits per heavy atom. The van der Waals surface area contributed by atoms with Crippen LogP contribution in [0.25, 0.3) is 0 Å². The average Bonchev–Trinajstić information content (AvgIpc) is 3.15. The third-order valence-corrected chi connectivity index (χ3v) is 5.60. The van der Waals surface area contributed by atoms with Crippen molar-refractivity contribution in [2.75, 3.05) is 45.8 Å². The second-order valence-corrected chi connectivity index (χ2v) is 7.25. The smallest absolute Gasteiger partial charge is 0.264 e. The van der Waals surface area contributed by atoms with E-state index in [1.165, 1.54) is 17.8 Å². The van der Waals surface area contributed by atoms with Gasteiger partial charge in [-0.25, -0.2) is 0 Å². The predicted molar refractivity (Wildman–Crippen MR) is 91.7 cm³/mol. The molecule has 2 aliphatic rings. The van der Waals surface area contributed by atoms with Gasteiger partial charge in [-0.15, -0.1) is 11.3 Å². The number of thiophene rings is 1. The molecule has 6 heteroatoms. The largest absolute Gasteiger partial charge is 0.343 e. The van der Waals surface area contributed by atoms with Crippen LogP contribution in [0.1, 0.15) is 35.4 Å². The standard InChI is InChI=1S/C17H25N3O2S/c21-16(19-7-2-1-3-8-19)6-9-18-10-12-20(13-11-18)17(22)15-5-4-14-23-15/h4-5,14H,1-3,6-13H2. The number of nitrogens with zero attached hydrogens (tertiary/aromatic N) is 3. The van der Waals surface area contributed by atoms with Crippen molar-refractivity contribution in [3.8, 4) is 0 Å². The Bertz CT molecular complexity index is 518. The highest BCUT2D eigenvalue weighted by molar-refractivity contribution is 7.12. The molecule has 0 unspecified atom stereocenters. The Labute approximate surface area is 141 Å². The van der Waals surface area contributed by atoms with Crippen LogP contribution in [-0.2, 0) is 4.79 Å². The number of hydrogen-bond donors (Lipinski definition) is 0. The summed E-state index contributed by atoms with van der Waals surface area (Å²) >= 11 is 1.50. The Balaban J connectivity index is 1.39. The summed E-state index contributed by atoms with van der Waals surface area (Å²) in [7, 11) is 0. The van der Waals surface area contributed by atoms with Crippen molar-refractivity contribution >= 4 is 23.2 Å². The molecular formula is C17H25N3O2S. The summed E-state index contributed by atoms with van der Waals surface area (Å²) in [6.45, 7) is 5.93. The highest BCUT2D eigenvalue weighted by Gasteiger charge is 2.23. The molecule has 2 amide bonds. The third kappa shape index (κ3) is 4.32. The zero-order chi connectivity index (χ0) is 16.1.